The van der Waals surface area contributed by atoms with Crippen LogP contribution in [0.15, 0.2) is 18.2 Å². The second-order valence-electron chi connectivity index (χ2n) is 5.78. The molecule has 0 radical (unpaired) electrons. The van der Waals surface area contributed by atoms with E-state index in [4.69, 9.17) is 4.74 Å². The van der Waals surface area contributed by atoms with E-state index < -0.39 is 5.60 Å². The maximum absolute atomic E-state index is 11.7. The van der Waals surface area contributed by atoms with Gasteiger partial charge in [0.1, 0.15) is 5.75 Å². The molecule has 0 aliphatic heterocycles. The Balaban J connectivity index is 1.68. The van der Waals surface area contributed by atoms with Gasteiger partial charge in [0.25, 0.3) is 0 Å². The van der Waals surface area contributed by atoms with Crippen LogP contribution in [-0.4, -0.2) is 29.8 Å². The highest BCUT2D eigenvalue weighted by Gasteiger charge is 2.34. The van der Waals surface area contributed by atoms with E-state index >= 15 is 0 Å². The van der Waals surface area contributed by atoms with E-state index in [1.807, 2.05) is 26.0 Å². The summed E-state index contributed by atoms with van der Waals surface area (Å²) < 4.78 is 5.59. The van der Waals surface area contributed by atoms with E-state index in [-0.39, 0.29) is 5.91 Å². The van der Waals surface area contributed by atoms with Crippen LogP contribution in [0.2, 0.25) is 0 Å². The molecule has 110 valence electrons. The molecule has 1 aliphatic carbocycles. The standard InChI is InChI=1S/C16H23NO3/c1-12-8-13(2)10-14(9-12)20-7-4-15(18)17-11-16(19)5-3-6-16/h8-10,19H,3-7,11H2,1-2H3,(H,17,18). The predicted molar refractivity (Wildman–Crippen MR) is 77.8 cm³/mol. The molecular weight excluding hydrogens is 254 g/mol. The smallest absolute Gasteiger partial charge is 0.223 e. The van der Waals surface area contributed by atoms with Crippen LogP contribution in [0.25, 0.3) is 0 Å². The molecular formula is C16H23NO3. The van der Waals surface area contributed by atoms with Gasteiger partial charge in [-0.15, -0.1) is 0 Å². The van der Waals surface area contributed by atoms with Crippen molar-refractivity contribution in [2.24, 2.45) is 0 Å². The Kier molecular flexibility index (Phi) is 4.65. The van der Waals surface area contributed by atoms with E-state index in [1.54, 1.807) is 0 Å². The normalized spacial score (nSPS) is 16.4. The first-order valence-electron chi connectivity index (χ1n) is 7.17. The second-order valence-corrected chi connectivity index (χ2v) is 5.78. The molecule has 2 rings (SSSR count). The lowest BCUT2D eigenvalue weighted by Crippen LogP contribution is -2.47. The van der Waals surface area contributed by atoms with Crippen LogP contribution in [0.1, 0.15) is 36.8 Å². The number of aliphatic hydroxyl groups is 1. The molecule has 1 aromatic carbocycles. The highest BCUT2D eigenvalue weighted by Crippen LogP contribution is 2.30. The Bertz CT molecular complexity index is 460. The minimum atomic E-state index is -0.663. The van der Waals surface area contributed by atoms with E-state index in [9.17, 15) is 9.90 Å². The molecule has 0 atom stereocenters. The maximum Gasteiger partial charge on any atom is 0.223 e. The Labute approximate surface area is 120 Å². The summed E-state index contributed by atoms with van der Waals surface area (Å²) in [6.45, 7) is 4.75. The molecule has 1 fully saturated rings. The third-order valence-corrected chi connectivity index (χ3v) is 3.69. The van der Waals surface area contributed by atoms with Crippen molar-refractivity contribution >= 4 is 5.91 Å². The summed E-state index contributed by atoms with van der Waals surface area (Å²) in [5.74, 6) is 0.725. The summed E-state index contributed by atoms with van der Waals surface area (Å²) in [4.78, 5) is 11.7. The van der Waals surface area contributed by atoms with Crippen LogP contribution >= 0.6 is 0 Å². The molecule has 1 aliphatic rings. The topological polar surface area (TPSA) is 58.6 Å². The average Bonchev–Trinajstić information content (AvgIpc) is 2.33. The molecule has 1 aromatic rings. The monoisotopic (exact) mass is 277 g/mol. The SMILES string of the molecule is Cc1cc(C)cc(OCCC(=O)NCC2(O)CCC2)c1. The Hall–Kier alpha value is -1.55. The Morgan fingerprint density at radius 3 is 2.50 bits per heavy atom. The van der Waals surface area contributed by atoms with E-state index in [1.165, 1.54) is 0 Å². The van der Waals surface area contributed by atoms with Gasteiger partial charge in [-0.1, -0.05) is 6.07 Å². The lowest BCUT2D eigenvalue weighted by atomic mass is 9.80. The van der Waals surface area contributed by atoms with Crippen LogP contribution in [0.5, 0.6) is 5.75 Å². The summed E-state index contributed by atoms with van der Waals surface area (Å²) >= 11 is 0. The number of aryl methyl sites for hydroxylation is 2. The van der Waals surface area contributed by atoms with Crippen molar-refractivity contribution in [3.63, 3.8) is 0 Å². The molecule has 4 heteroatoms. The molecule has 20 heavy (non-hydrogen) atoms. The van der Waals surface area contributed by atoms with Gasteiger partial charge in [-0.05, 0) is 56.4 Å². The van der Waals surface area contributed by atoms with Crippen molar-refractivity contribution < 1.29 is 14.6 Å². The number of hydrogen-bond donors (Lipinski definition) is 2. The van der Waals surface area contributed by atoms with Crippen molar-refractivity contribution in [2.45, 2.75) is 45.1 Å². The van der Waals surface area contributed by atoms with Gasteiger partial charge in [0, 0.05) is 6.54 Å². The fraction of sp³-hybridized carbons (Fsp3) is 0.562. The number of rotatable bonds is 6. The largest absolute Gasteiger partial charge is 0.493 e. The molecule has 1 saturated carbocycles. The summed E-state index contributed by atoms with van der Waals surface area (Å²) in [5, 5.41) is 12.6. The second kappa shape index (κ2) is 6.27. The molecule has 0 unspecified atom stereocenters. The van der Waals surface area contributed by atoms with Gasteiger partial charge in [-0.3, -0.25) is 4.79 Å². The zero-order valence-electron chi connectivity index (χ0n) is 12.2. The Morgan fingerprint density at radius 1 is 1.30 bits per heavy atom. The van der Waals surface area contributed by atoms with Gasteiger partial charge in [-0.25, -0.2) is 0 Å². The summed E-state index contributed by atoms with van der Waals surface area (Å²) in [6.07, 6.45) is 2.92. The highest BCUT2D eigenvalue weighted by atomic mass is 16.5. The predicted octanol–water partition coefficient (Wildman–Crippen LogP) is 2.10. The van der Waals surface area contributed by atoms with Crippen molar-refractivity contribution in [1.82, 2.24) is 5.32 Å². The van der Waals surface area contributed by atoms with Crippen molar-refractivity contribution in [1.29, 1.82) is 0 Å². The van der Waals surface area contributed by atoms with Gasteiger partial charge in [0.05, 0.1) is 18.6 Å². The van der Waals surface area contributed by atoms with Crippen LogP contribution < -0.4 is 10.1 Å². The number of benzene rings is 1. The van der Waals surface area contributed by atoms with Crippen molar-refractivity contribution in [3.05, 3.63) is 29.3 Å². The van der Waals surface area contributed by atoms with Crippen LogP contribution in [0.4, 0.5) is 0 Å². The summed E-state index contributed by atoms with van der Waals surface area (Å²) in [7, 11) is 0. The fourth-order valence-corrected chi connectivity index (χ4v) is 2.39. The maximum atomic E-state index is 11.7. The van der Waals surface area contributed by atoms with Crippen molar-refractivity contribution in [3.8, 4) is 5.75 Å². The quantitative estimate of drug-likeness (QED) is 0.837. The number of nitrogens with one attached hydrogen (secondary N) is 1. The highest BCUT2D eigenvalue weighted by molar-refractivity contribution is 5.76. The number of carbonyl (C=O) groups is 1. The summed E-state index contributed by atoms with van der Waals surface area (Å²) in [6, 6.07) is 6.00. The van der Waals surface area contributed by atoms with Crippen molar-refractivity contribution in [2.75, 3.05) is 13.2 Å². The third kappa shape index (κ3) is 4.23. The zero-order chi connectivity index (χ0) is 14.6. The lowest BCUT2D eigenvalue weighted by Gasteiger charge is -2.36. The van der Waals surface area contributed by atoms with Crippen LogP contribution in [0.3, 0.4) is 0 Å². The van der Waals surface area contributed by atoms with Gasteiger partial charge in [0.15, 0.2) is 0 Å². The third-order valence-electron chi connectivity index (χ3n) is 3.69. The first-order valence-corrected chi connectivity index (χ1v) is 7.17. The van der Waals surface area contributed by atoms with Crippen LogP contribution in [-0.2, 0) is 4.79 Å². The minimum absolute atomic E-state index is 0.0744. The molecule has 4 nitrogen and oxygen atoms in total. The van der Waals surface area contributed by atoms with Gasteiger partial charge < -0.3 is 15.2 Å². The number of hydrogen-bond acceptors (Lipinski definition) is 3. The van der Waals surface area contributed by atoms with Gasteiger partial charge in [0.2, 0.25) is 5.91 Å². The van der Waals surface area contributed by atoms with Gasteiger partial charge >= 0.3 is 0 Å². The molecule has 0 bridgehead atoms. The molecule has 0 heterocycles. The molecule has 0 spiro atoms. The first-order chi connectivity index (χ1) is 9.47. The zero-order valence-corrected chi connectivity index (χ0v) is 12.2. The molecule has 1 amide bonds. The average molecular weight is 277 g/mol. The number of amides is 1. The fourth-order valence-electron chi connectivity index (χ4n) is 2.39. The molecule has 0 saturated heterocycles. The molecule has 0 aromatic heterocycles. The molecule has 2 N–H and O–H groups in total. The van der Waals surface area contributed by atoms with E-state index in [2.05, 4.69) is 11.4 Å². The number of ether oxygens (including phenoxy) is 1. The van der Waals surface area contributed by atoms with Crippen LogP contribution in [0, 0.1) is 13.8 Å². The van der Waals surface area contributed by atoms with Gasteiger partial charge in [-0.2, -0.15) is 0 Å². The van der Waals surface area contributed by atoms with E-state index in [0.717, 1.165) is 36.1 Å². The van der Waals surface area contributed by atoms with E-state index in [0.29, 0.717) is 19.6 Å². The number of carbonyl (C=O) groups excluding carboxylic acids is 1. The Morgan fingerprint density at radius 2 is 1.95 bits per heavy atom. The first kappa shape index (κ1) is 14.9. The lowest BCUT2D eigenvalue weighted by molar-refractivity contribution is -0.124. The summed E-state index contributed by atoms with van der Waals surface area (Å²) in [5.41, 5.74) is 1.64. The minimum Gasteiger partial charge on any atom is -0.493 e.